The fourth-order valence-electron chi connectivity index (χ4n) is 1.91. The first-order valence-electron chi connectivity index (χ1n) is 5.90. The van der Waals surface area contributed by atoms with Crippen LogP contribution in [-0.2, 0) is 6.54 Å². The average molecular weight is 230 g/mol. The van der Waals surface area contributed by atoms with Gasteiger partial charge in [0.25, 0.3) is 0 Å². The van der Waals surface area contributed by atoms with Crippen LogP contribution >= 0.6 is 0 Å². The molecule has 0 unspecified atom stereocenters. The first kappa shape index (κ1) is 11.8. The van der Waals surface area contributed by atoms with Crippen molar-refractivity contribution in [2.45, 2.75) is 34.2 Å². The Labute approximate surface area is 102 Å². The minimum absolute atomic E-state index is 0.573. The lowest BCUT2D eigenvalue weighted by Gasteiger charge is -2.10. The zero-order chi connectivity index (χ0) is 12.4. The molecule has 2 aromatic rings. The van der Waals surface area contributed by atoms with Crippen LogP contribution in [0, 0.1) is 19.8 Å². The van der Waals surface area contributed by atoms with Gasteiger partial charge in [0.1, 0.15) is 6.33 Å². The standard InChI is InChI=1S/C13H18N4/c1-9(2)7-17-8-14-16-13(17)12-6-5-10(3)15-11(12)4/h5-6,8-9H,7H2,1-4H3. The molecule has 4 heteroatoms. The van der Waals surface area contributed by atoms with Gasteiger partial charge in [-0.25, -0.2) is 0 Å². The SMILES string of the molecule is Cc1ccc(-c2nncn2CC(C)C)c(C)n1. The number of hydrogen-bond acceptors (Lipinski definition) is 3. The van der Waals surface area contributed by atoms with Crippen molar-refractivity contribution < 1.29 is 0 Å². The van der Waals surface area contributed by atoms with Crippen LogP contribution < -0.4 is 0 Å². The maximum atomic E-state index is 4.47. The minimum atomic E-state index is 0.573. The molecular weight excluding hydrogens is 212 g/mol. The second-order valence-corrected chi connectivity index (χ2v) is 4.79. The van der Waals surface area contributed by atoms with E-state index in [-0.39, 0.29) is 0 Å². The van der Waals surface area contributed by atoms with Crippen molar-refractivity contribution in [3.8, 4) is 11.4 Å². The summed E-state index contributed by atoms with van der Waals surface area (Å²) in [6, 6.07) is 4.08. The fraction of sp³-hybridized carbons (Fsp3) is 0.462. The van der Waals surface area contributed by atoms with E-state index < -0.39 is 0 Å². The lowest BCUT2D eigenvalue weighted by atomic mass is 10.1. The first-order chi connectivity index (χ1) is 8.08. The summed E-state index contributed by atoms with van der Waals surface area (Å²) in [7, 11) is 0. The Hall–Kier alpha value is -1.71. The molecule has 2 heterocycles. The van der Waals surface area contributed by atoms with Crippen LogP contribution in [0.1, 0.15) is 25.2 Å². The number of aryl methyl sites for hydroxylation is 2. The van der Waals surface area contributed by atoms with E-state index in [0.29, 0.717) is 5.92 Å². The Balaban J connectivity index is 2.42. The van der Waals surface area contributed by atoms with Gasteiger partial charge in [-0.3, -0.25) is 4.98 Å². The van der Waals surface area contributed by atoms with E-state index >= 15 is 0 Å². The van der Waals surface area contributed by atoms with Crippen LogP contribution in [0.25, 0.3) is 11.4 Å². The van der Waals surface area contributed by atoms with E-state index in [1.807, 2.05) is 19.9 Å². The zero-order valence-corrected chi connectivity index (χ0v) is 10.8. The van der Waals surface area contributed by atoms with Gasteiger partial charge in [0, 0.05) is 23.5 Å². The van der Waals surface area contributed by atoms with E-state index in [1.54, 1.807) is 6.33 Å². The number of hydrogen-bond donors (Lipinski definition) is 0. The Kier molecular flexibility index (Phi) is 3.22. The number of aromatic nitrogens is 4. The molecule has 0 saturated heterocycles. The number of rotatable bonds is 3. The highest BCUT2D eigenvalue weighted by molar-refractivity contribution is 5.58. The third-order valence-electron chi connectivity index (χ3n) is 2.64. The Morgan fingerprint density at radius 2 is 2.00 bits per heavy atom. The summed E-state index contributed by atoms with van der Waals surface area (Å²) < 4.78 is 2.09. The molecule has 0 bridgehead atoms. The van der Waals surface area contributed by atoms with Crippen LogP contribution in [0.5, 0.6) is 0 Å². The Morgan fingerprint density at radius 1 is 1.24 bits per heavy atom. The molecule has 0 saturated carbocycles. The van der Waals surface area contributed by atoms with Crippen molar-refractivity contribution in [3.63, 3.8) is 0 Å². The van der Waals surface area contributed by atoms with Gasteiger partial charge >= 0.3 is 0 Å². The molecule has 0 spiro atoms. The van der Waals surface area contributed by atoms with Gasteiger partial charge < -0.3 is 4.57 Å². The largest absolute Gasteiger partial charge is 0.313 e. The molecule has 0 aliphatic heterocycles. The Morgan fingerprint density at radius 3 is 2.65 bits per heavy atom. The highest BCUT2D eigenvalue weighted by atomic mass is 15.3. The summed E-state index contributed by atoms with van der Waals surface area (Å²) in [5.74, 6) is 1.48. The van der Waals surface area contributed by atoms with Crippen LogP contribution in [-0.4, -0.2) is 19.7 Å². The normalized spacial score (nSPS) is 11.1. The van der Waals surface area contributed by atoms with Crippen LogP contribution in [0.3, 0.4) is 0 Å². The first-order valence-corrected chi connectivity index (χ1v) is 5.90. The molecule has 0 aliphatic rings. The predicted octanol–water partition coefficient (Wildman–Crippen LogP) is 2.61. The summed E-state index contributed by atoms with van der Waals surface area (Å²) in [6.45, 7) is 9.30. The van der Waals surface area contributed by atoms with E-state index in [9.17, 15) is 0 Å². The molecule has 4 nitrogen and oxygen atoms in total. The molecular formula is C13H18N4. The highest BCUT2D eigenvalue weighted by Crippen LogP contribution is 2.20. The van der Waals surface area contributed by atoms with Crippen molar-refractivity contribution in [1.82, 2.24) is 19.7 Å². The maximum Gasteiger partial charge on any atom is 0.165 e. The molecule has 0 aliphatic carbocycles. The fourth-order valence-corrected chi connectivity index (χ4v) is 1.91. The lowest BCUT2D eigenvalue weighted by molar-refractivity contribution is 0.525. The van der Waals surface area contributed by atoms with E-state index in [2.05, 4.69) is 39.7 Å². The summed E-state index contributed by atoms with van der Waals surface area (Å²) in [6.07, 6.45) is 1.79. The molecule has 0 amide bonds. The molecule has 17 heavy (non-hydrogen) atoms. The van der Waals surface area contributed by atoms with Gasteiger partial charge in [-0.05, 0) is 31.9 Å². The van der Waals surface area contributed by atoms with Crippen molar-refractivity contribution in [3.05, 3.63) is 29.8 Å². The van der Waals surface area contributed by atoms with Crippen molar-refractivity contribution in [1.29, 1.82) is 0 Å². The molecule has 0 N–H and O–H groups in total. The van der Waals surface area contributed by atoms with Gasteiger partial charge in [-0.1, -0.05) is 13.8 Å². The predicted molar refractivity (Wildman–Crippen MR) is 67.6 cm³/mol. The van der Waals surface area contributed by atoms with Crippen molar-refractivity contribution in [2.24, 2.45) is 5.92 Å². The van der Waals surface area contributed by atoms with Gasteiger partial charge in [0.2, 0.25) is 0 Å². The summed E-state index contributed by atoms with van der Waals surface area (Å²) in [5, 5.41) is 8.20. The van der Waals surface area contributed by atoms with Gasteiger partial charge in [0.05, 0.1) is 0 Å². The van der Waals surface area contributed by atoms with E-state index in [4.69, 9.17) is 0 Å². The number of nitrogens with zero attached hydrogens (tertiary/aromatic N) is 4. The second-order valence-electron chi connectivity index (χ2n) is 4.79. The van der Waals surface area contributed by atoms with Crippen molar-refractivity contribution in [2.75, 3.05) is 0 Å². The van der Waals surface area contributed by atoms with Gasteiger partial charge in [-0.15, -0.1) is 10.2 Å². The third kappa shape index (κ3) is 2.52. The second kappa shape index (κ2) is 4.65. The monoisotopic (exact) mass is 230 g/mol. The molecule has 90 valence electrons. The van der Waals surface area contributed by atoms with Crippen molar-refractivity contribution >= 4 is 0 Å². The molecule has 0 aromatic carbocycles. The molecule has 0 atom stereocenters. The Bertz CT molecular complexity index is 514. The third-order valence-corrected chi connectivity index (χ3v) is 2.64. The quantitative estimate of drug-likeness (QED) is 0.814. The number of pyridine rings is 1. The van der Waals surface area contributed by atoms with Crippen LogP contribution in [0.2, 0.25) is 0 Å². The van der Waals surface area contributed by atoms with E-state index in [1.165, 1.54) is 0 Å². The smallest absolute Gasteiger partial charge is 0.165 e. The van der Waals surface area contributed by atoms with E-state index in [0.717, 1.165) is 29.3 Å². The zero-order valence-electron chi connectivity index (χ0n) is 10.8. The molecule has 2 aromatic heterocycles. The lowest BCUT2D eigenvalue weighted by Crippen LogP contribution is -2.06. The molecule has 2 rings (SSSR count). The van der Waals surface area contributed by atoms with Gasteiger partial charge in [0.15, 0.2) is 5.82 Å². The maximum absolute atomic E-state index is 4.47. The van der Waals surface area contributed by atoms with Gasteiger partial charge in [-0.2, -0.15) is 0 Å². The summed E-state index contributed by atoms with van der Waals surface area (Å²) in [5.41, 5.74) is 3.10. The van der Waals surface area contributed by atoms with Crippen LogP contribution in [0.15, 0.2) is 18.5 Å². The average Bonchev–Trinajstić information content (AvgIpc) is 2.65. The highest BCUT2D eigenvalue weighted by Gasteiger charge is 2.11. The van der Waals surface area contributed by atoms with Crippen LogP contribution in [0.4, 0.5) is 0 Å². The topological polar surface area (TPSA) is 43.6 Å². The molecule has 0 radical (unpaired) electrons. The molecule has 0 fully saturated rings. The summed E-state index contributed by atoms with van der Waals surface area (Å²) >= 11 is 0. The minimum Gasteiger partial charge on any atom is -0.313 e. The summed E-state index contributed by atoms with van der Waals surface area (Å²) in [4.78, 5) is 4.47.